The van der Waals surface area contributed by atoms with Crippen molar-refractivity contribution in [3.05, 3.63) is 29.3 Å². The third kappa shape index (κ3) is 1.23. The number of hydrogen-bond acceptors (Lipinski definition) is 1. The first-order valence-corrected chi connectivity index (χ1v) is 5.24. The zero-order valence-electron chi connectivity index (χ0n) is 8.20. The number of hydrogen-bond donors (Lipinski definition) is 1. The summed E-state index contributed by atoms with van der Waals surface area (Å²) in [5, 5.41) is 0. The van der Waals surface area contributed by atoms with E-state index in [-0.39, 0.29) is 12.4 Å². The van der Waals surface area contributed by atoms with Crippen molar-refractivity contribution >= 4 is 18.1 Å². The number of benzene rings is 1. The van der Waals surface area contributed by atoms with Gasteiger partial charge in [-0.05, 0) is 54.7 Å². The fourth-order valence-corrected chi connectivity index (χ4v) is 3.12. The van der Waals surface area contributed by atoms with E-state index in [1.165, 1.54) is 31.2 Å². The maximum atomic E-state index is 6.03. The molecule has 0 radical (unpaired) electrons. The van der Waals surface area contributed by atoms with Gasteiger partial charge in [0.2, 0.25) is 0 Å². The lowest BCUT2D eigenvalue weighted by Gasteiger charge is -2.38. The van der Waals surface area contributed by atoms with Crippen LogP contribution in [0.1, 0.15) is 48.6 Å². The van der Waals surface area contributed by atoms with E-state index < -0.39 is 0 Å². The quantitative estimate of drug-likeness (QED) is 0.651. The van der Waals surface area contributed by atoms with Gasteiger partial charge in [0.05, 0.1) is 0 Å². The van der Waals surface area contributed by atoms with Crippen molar-refractivity contribution in [1.29, 1.82) is 0 Å². The van der Waals surface area contributed by atoms with Crippen LogP contribution in [0.15, 0.2) is 18.2 Å². The molecule has 3 aliphatic rings. The minimum Gasteiger partial charge on any atom is -0.398 e. The smallest absolute Gasteiger partial charge is 0.0352 e. The number of anilines is 1. The molecule has 1 fully saturated rings. The second-order valence-corrected chi connectivity index (χ2v) is 4.40. The molecule has 2 N–H and O–H groups in total. The summed E-state index contributed by atoms with van der Waals surface area (Å²) < 4.78 is 0. The fourth-order valence-electron chi connectivity index (χ4n) is 3.12. The average molecular weight is 210 g/mol. The maximum absolute atomic E-state index is 6.03. The van der Waals surface area contributed by atoms with Gasteiger partial charge in [0.1, 0.15) is 0 Å². The van der Waals surface area contributed by atoms with Gasteiger partial charge in [-0.25, -0.2) is 0 Å². The molecule has 1 saturated carbocycles. The maximum Gasteiger partial charge on any atom is 0.0352 e. The summed E-state index contributed by atoms with van der Waals surface area (Å²) in [5.41, 5.74) is 10.1. The largest absolute Gasteiger partial charge is 0.398 e. The van der Waals surface area contributed by atoms with E-state index in [1.54, 1.807) is 5.56 Å². The van der Waals surface area contributed by atoms with Crippen molar-refractivity contribution in [3.8, 4) is 0 Å². The van der Waals surface area contributed by atoms with Crippen LogP contribution < -0.4 is 5.73 Å². The molecular formula is C12H16ClN. The van der Waals surface area contributed by atoms with Gasteiger partial charge in [0.25, 0.3) is 0 Å². The van der Waals surface area contributed by atoms with Crippen molar-refractivity contribution in [1.82, 2.24) is 0 Å². The minimum atomic E-state index is 0. The molecule has 0 aliphatic heterocycles. The Kier molecular flexibility index (Phi) is 2.44. The zero-order chi connectivity index (χ0) is 8.84. The van der Waals surface area contributed by atoms with E-state index in [0.717, 1.165) is 17.5 Å². The third-order valence-corrected chi connectivity index (χ3v) is 3.75. The van der Waals surface area contributed by atoms with Gasteiger partial charge in [0, 0.05) is 5.69 Å². The Morgan fingerprint density at radius 3 is 2.29 bits per heavy atom. The monoisotopic (exact) mass is 209 g/mol. The molecule has 1 aromatic rings. The molecule has 0 spiro atoms. The van der Waals surface area contributed by atoms with E-state index in [9.17, 15) is 0 Å². The molecule has 2 bridgehead atoms. The number of fused-ring (bicyclic) bond motifs is 2. The number of rotatable bonds is 0. The third-order valence-electron chi connectivity index (χ3n) is 3.75. The molecule has 76 valence electrons. The molecule has 14 heavy (non-hydrogen) atoms. The topological polar surface area (TPSA) is 26.0 Å². The number of nitrogen functional groups attached to an aromatic ring is 1. The highest BCUT2D eigenvalue weighted by atomic mass is 35.5. The van der Waals surface area contributed by atoms with Crippen LogP contribution in [0, 0.1) is 0 Å². The predicted molar refractivity (Wildman–Crippen MR) is 62.1 cm³/mol. The molecule has 1 aromatic carbocycles. The van der Waals surface area contributed by atoms with E-state index in [2.05, 4.69) is 18.2 Å². The van der Waals surface area contributed by atoms with Crippen molar-refractivity contribution in [2.45, 2.75) is 37.5 Å². The average Bonchev–Trinajstić information content (AvgIpc) is 2.20. The van der Waals surface area contributed by atoms with E-state index >= 15 is 0 Å². The SMILES string of the molecule is Cl.Nc1cccc2c1C1CCC2CC1. The van der Waals surface area contributed by atoms with Gasteiger partial charge in [0.15, 0.2) is 0 Å². The number of halogens is 1. The van der Waals surface area contributed by atoms with Crippen LogP contribution in [0.5, 0.6) is 0 Å². The lowest BCUT2D eigenvalue weighted by molar-refractivity contribution is 0.360. The molecule has 4 rings (SSSR count). The van der Waals surface area contributed by atoms with E-state index in [1.807, 2.05) is 0 Å². The second kappa shape index (κ2) is 3.47. The van der Waals surface area contributed by atoms with Crippen LogP contribution in [-0.2, 0) is 0 Å². The molecule has 3 aliphatic carbocycles. The first-order chi connectivity index (χ1) is 6.36. The molecule has 0 saturated heterocycles. The number of nitrogens with two attached hydrogens (primary N) is 1. The Hall–Kier alpha value is -0.690. The summed E-state index contributed by atoms with van der Waals surface area (Å²) in [4.78, 5) is 0. The van der Waals surface area contributed by atoms with Crippen LogP contribution in [0.25, 0.3) is 0 Å². The summed E-state index contributed by atoms with van der Waals surface area (Å²) in [5.74, 6) is 1.60. The predicted octanol–water partition coefficient (Wildman–Crippen LogP) is 3.45. The van der Waals surface area contributed by atoms with Crippen molar-refractivity contribution in [2.75, 3.05) is 5.73 Å². The molecule has 0 aromatic heterocycles. The molecule has 0 unspecified atom stereocenters. The highest BCUT2D eigenvalue weighted by Crippen LogP contribution is 2.50. The van der Waals surface area contributed by atoms with Crippen LogP contribution in [-0.4, -0.2) is 0 Å². The molecule has 1 nitrogen and oxygen atoms in total. The molecule has 2 heteroatoms. The van der Waals surface area contributed by atoms with E-state index in [4.69, 9.17) is 5.73 Å². The van der Waals surface area contributed by atoms with Gasteiger partial charge >= 0.3 is 0 Å². The van der Waals surface area contributed by atoms with Crippen LogP contribution in [0.3, 0.4) is 0 Å². The Balaban J connectivity index is 0.000000750. The molecule has 0 amide bonds. The Morgan fingerprint density at radius 2 is 1.64 bits per heavy atom. The highest BCUT2D eigenvalue weighted by Gasteiger charge is 2.33. The standard InChI is InChI=1S/C12H15N.ClH/c13-11-3-1-2-10-8-4-6-9(7-5-8)12(10)11;/h1-3,8-9H,4-7,13H2;1H. The summed E-state index contributed by atoms with van der Waals surface area (Å²) >= 11 is 0. The van der Waals surface area contributed by atoms with Crippen LogP contribution >= 0.6 is 12.4 Å². The lowest BCUT2D eigenvalue weighted by Crippen LogP contribution is -2.22. The van der Waals surface area contributed by atoms with Gasteiger partial charge in [-0.15, -0.1) is 12.4 Å². The summed E-state index contributed by atoms with van der Waals surface area (Å²) in [6, 6.07) is 6.44. The highest BCUT2D eigenvalue weighted by molar-refractivity contribution is 5.85. The lowest BCUT2D eigenvalue weighted by atomic mass is 9.66. The van der Waals surface area contributed by atoms with Crippen molar-refractivity contribution in [3.63, 3.8) is 0 Å². The summed E-state index contributed by atoms with van der Waals surface area (Å²) in [7, 11) is 0. The Labute approximate surface area is 91.1 Å². The van der Waals surface area contributed by atoms with Crippen molar-refractivity contribution in [2.24, 2.45) is 0 Å². The normalized spacial score (nSPS) is 28.0. The van der Waals surface area contributed by atoms with E-state index in [0.29, 0.717) is 0 Å². The van der Waals surface area contributed by atoms with Crippen LogP contribution in [0.4, 0.5) is 5.69 Å². The summed E-state index contributed by atoms with van der Waals surface area (Å²) in [6.07, 6.45) is 5.51. The fraction of sp³-hybridized carbons (Fsp3) is 0.500. The summed E-state index contributed by atoms with van der Waals surface area (Å²) in [6.45, 7) is 0. The molecular weight excluding hydrogens is 194 g/mol. The first kappa shape index (κ1) is 9.85. The van der Waals surface area contributed by atoms with Gasteiger partial charge in [-0.2, -0.15) is 0 Å². The van der Waals surface area contributed by atoms with Gasteiger partial charge < -0.3 is 5.73 Å². The Bertz CT molecular complexity index is 340. The first-order valence-electron chi connectivity index (χ1n) is 5.24. The zero-order valence-corrected chi connectivity index (χ0v) is 9.02. The molecule has 0 atom stereocenters. The van der Waals surface area contributed by atoms with Crippen molar-refractivity contribution < 1.29 is 0 Å². The molecule has 0 heterocycles. The van der Waals surface area contributed by atoms with Gasteiger partial charge in [-0.3, -0.25) is 0 Å². The Morgan fingerprint density at radius 1 is 1.00 bits per heavy atom. The minimum absolute atomic E-state index is 0. The van der Waals surface area contributed by atoms with Gasteiger partial charge in [-0.1, -0.05) is 12.1 Å². The van der Waals surface area contributed by atoms with Crippen LogP contribution in [0.2, 0.25) is 0 Å². The second-order valence-electron chi connectivity index (χ2n) is 4.40.